The van der Waals surface area contributed by atoms with Crippen molar-refractivity contribution in [3.8, 4) is 0 Å². The molecule has 2 fully saturated rings. The number of piperazine rings is 1. The molecule has 0 aliphatic carbocycles. The van der Waals surface area contributed by atoms with E-state index in [-0.39, 0.29) is 43.7 Å². The highest BCUT2D eigenvalue weighted by Crippen LogP contribution is 2.39. The quantitative estimate of drug-likeness (QED) is 0.0461. The van der Waals surface area contributed by atoms with E-state index >= 15 is 0 Å². The molecule has 0 bridgehead atoms. The zero-order valence-corrected chi connectivity index (χ0v) is 55.1. The molecule has 7 amide bonds. The largest absolute Gasteiger partial charge is 0.394 e. The summed E-state index contributed by atoms with van der Waals surface area (Å²) in [5, 5.41) is 55.3. The van der Waals surface area contributed by atoms with Crippen LogP contribution < -0.4 is 54.0 Å². The monoisotopic (exact) mass is 1330 g/mol. The van der Waals surface area contributed by atoms with E-state index in [1.54, 1.807) is 72.1 Å². The van der Waals surface area contributed by atoms with Gasteiger partial charge in [-0.2, -0.15) is 0 Å². The Labute approximate surface area is 553 Å². The molecular weight excluding hydrogens is 1250 g/mol. The molecule has 24 nitrogen and oxygen atoms in total. The Morgan fingerprint density at radius 2 is 1.35 bits per heavy atom. The normalized spacial score (nSPS) is 21.7. The molecule has 0 radical (unpaired) electrons. The number of amides is 7. The Kier molecular flexibility index (Phi) is 26.6. The number of para-hydroxylation sites is 3. The van der Waals surface area contributed by atoms with Gasteiger partial charge in [0.25, 0.3) is 0 Å². The van der Waals surface area contributed by atoms with Crippen LogP contribution in [0.1, 0.15) is 60.2 Å². The fourth-order valence-corrected chi connectivity index (χ4v) is 14.0. The number of carbonyl (C=O) groups excluding carboxylic acids is 7. The van der Waals surface area contributed by atoms with Gasteiger partial charge in [-0.15, -0.1) is 11.3 Å². The van der Waals surface area contributed by atoms with Crippen molar-refractivity contribution in [1.29, 1.82) is 0 Å². The number of thiophene rings is 1. The number of aliphatic imine (C=N–C) groups is 1. The molecule has 2 saturated heterocycles. The zero-order chi connectivity index (χ0) is 66.6. The number of likely N-dealkylation sites (N-methyl/N-ethyl adjacent to an activating group) is 1. The van der Waals surface area contributed by atoms with Crippen LogP contribution in [0.4, 0.5) is 16.4 Å². The highest BCUT2D eigenvalue weighted by atomic mass is 33.1. The van der Waals surface area contributed by atoms with Crippen LogP contribution in [0.25, 0.3) is 10.9 Å². The molecule has 5 heterocycles. The molecule has 4 aromatic carbocycles. The number of amidine groups is 1. The lowest BCUT2D eigenvalue weighted by Gasteiger charge is -2.34. The van der Waals surface area contributed by atoms with E-state index in [2.05, 4.69) is 102 Å². The number of nitrogens with zero attached hydrogens (tertiary/aromatic N) is 3. The number of aromatic nitrogens is 1. The van der Waals surface area contributed by atoms with Gasteiger partial charge in [-0.1, -0.05) is 113 Å². The molecule has 498 valence electrons. The Morgan fingerprint density at radius 3 is 2.04 bits per heavy atom. The maximum absolute atomic E-state index is 14.7. The van der Waals surface area contributed by atoms with Gasteiger partial charge in [-0.25, -0.2) is 4.99 Å². The van der Waals surface area contributed by atoms with E-state index in [0.717, 1.165) is 81.4 Å². The van der Waals surface area contributed by atoms with Gasteiger partial charge >= 0.3 is 0 Å². The molecule has 3 aliphatic rings. The smallest absolute Gasteiger partial charge is 0.245 e. The summed E-state index contributed by atoms with van der Waals surface area (Å²) in [5.74, 6) is -4.89. The maximum atomic E-state index is 14.7. The van der Waals surface area contributed by atoms with Crippen LogP contribution in [0, 0.1) is 6.92 Å². The lowest BCUT2D eigenvalue weighted by molar-refractivity contribution is -0.136. The third-order valence-electron chi connectivity index (χ3n) is 16.1. The Balaban J connectivity index is 0.000000418. The number of nitrogens with one attached hydrogen (secondary N) is 9. The standard InChI is InChI=1S/C49H66N10O10S2.C17H20N4S/c1-28(61)39(25-60)56-48(68)41-27-71-70-26-40(57-43(63)34(51)21-30-13-5-3-6-14-30)47(67)54-37(22-31-15-7-4-8-16-31)45(65)55-38(23-32-24-52-35-18-10-9-17-33(32)35)46(66)53-36(19-11-12-20-50)44(64)59-42(29(2)62)49(69)58-41;1-12-11-13-16(21-9-7-20(2)8-10-21)18-14-5-3-4-6-15(14)19-17(13)22-12/h3-10,13-18,24,28-29,34,36-42,52,60-62H,11-12,19-23,25-27,50-51H2,1-2H3,(H,53,66)(H,54,67)(H,55,65)(H,56,68)(H,57,63)(H,58,69)(H,59,64);3-6,11,19H,7-10H2,1-2H3/t28-,29?,34-,36+,37+,38-,39-,40+,41+,42+;/m1./s1. The van der Waals surface area contributed by atoms with Crippen molar-refractivity contribution in [3.05, 3.63) is 149 Å². The minimum atomic E-state index is -1.66. The average molecular weight is 1330 g/mol. The Bertz CT molecular complexity index is 3510. The first-order valence-corrected chi connectivity index (χ1v) is 34.5. The summed E-state index contributed by atoms with van der Waals surface area (Å²) >= 11 is 1.81. The van der Waals surface area contributed by atoms with Gasteiger partial charge in [-0.05, 0) is 101 Å². The Hall–Kier alpha value is -7.86. The summed E-state index contributed by atoms with van der Waals surface area (Å²) in [4.78, 5) is 114. The summed E-state index contributed by atoms with van der Waals surface area (Å²) in [6, 6.07) is 25.2. The topological polar surface area (TPSA) is 363 Å². The fourth-order valence-electron chi connectivity index (χ4n) is 10.7. The van der Waals surface area contributed by atoms with Gasteiger partial charge in [0.2, 0.25) is 41.4 Å². The predicted octanol–water partition coefficient (Wildman–Crippen LogP) is 2.63. The number of benzene rings is 4. The van der Waals surface area contributed by atoms with Crippen LogP contribution in [0.15, 0.2) is 126 Å². The number of hydrogen-bond donors (Lipinski definition) is 14. The number of rotatable bonds is 17. The van der Waals surface area contributed by atoms with E-state index in [1.807, 2.05) is 30.3 Å². The molecule has 0 spiro atoms. The van der Waals surface area contributed by atoms with E-state index in [9.17, 15) is 48.9 Å². The van der Waals surface area contributed by atoms with E-state index in [4.69, 9.17) is 16.5 Å². The van der Waals surface area contributed by atoms with E-state index in [0.29, 0.717) is 24.0 Å². The van der Waals surface area contributed by atoms with Crippen LogP contribution >= 0.6 is 32.9 Å². The number of aromatic amines is 1. The fraction of sp³-hybridized carbons (Fsp3) is 0.424. The number of aliphatic hydroxyl groups excluding tert-OH is 3. The molecule has 9 rings (SSSR count). The second-order valence-corrected chi connectivity index (χ2v) is 27.3. The minimum Gasteiger partial charge on any atom is -0.394 e. The predicted molar refractivity (Wildman–Crippen MR) is 366 cm³/mol. The van der Waals surface area contributed by atoms with Crippen molar-refractivity contribution in [2.45, 2.75) is 120 Å². The number of unbranched alkanes of at least 4 members (excludes halogenated alkanes) is 1. The number of fused-ring (bicyclic) bond motifs is 3. The van der Waals surface area contributed by atoms with Crippen molar-refractivity contribution < 1.29 is 48.9 Å². The second kappa shape index (κ2) is 34.9. The van der Waals surface area contributed by atoms with Crippen LogP contribution in [-0.2, 0) is 52.8 Å². The highest BCUT2D eigenvalue weighted by Gasteiger charge is 2.37. The summed E-state index contributed by atoms with van der Waals surface area (Å²) in [7, 11) is 4.24. The van der Waals surface area contributed by atoms with Gasteiger partial charge in [0.05, 0.1) is 47.8 Å². The third kappa shape index (κ3) is 20.3. The summed E-state index contributed by atoms with van der Waals surface area (Å²) in [5.41, 5.74) is 18.4. The summed E-state index contributed by atoms with van der Waals surface area (Å²) in [6.07, 6.45) is -0.156. The maximum Gasteiger partial charge on any atom is 0.245 e. The Morgan fingerprint density at radius 1 is 0.731 bits per heavy atom. The zero-order valence-electron chi connectivity index (χ0n) is 52.6. The van der Waals surface area contributed by atoms with E-state index < -0.39 is 108 Å². The highest BCUT2D eigenvalue weighted by molar-refractivity contribution is 8.76. The molecule has 3 aliphatic heterocycles. The van der Waals surface area contributed by atoms with Crippen LogP contribution in [0.5, 0.6) is 0 Å². The lowest BCUT2D eigenvalue weighted by Crippen LogP contribution is -2.62. The molecule has 16 N–H and O–H groups in total. The van der Waals surface area contributed by atoms with Gasteiger partial charge in [-0.3, -0.25) is 33.6 Å². The van der Waals surface area contributed by atoms with Crippen LogP contribution in [0.3, 0.4) is 0 Å². The van der Waals surface area contributed by atoms with Crippen molar-refractivity contribution in [2.75, 3.05) is 63.2 Å². The second-order valence-electron chi connectivity index (χ2n) is 23.4. The number of anilines is 2. The first kappa shape index (κ1) is 71.0. The van der Waals surface area contributed by atoms with Crippen molar-refractivity contribution in [1.82, 2.24) is 52.0 Å². The number of nitrogens with two attached hydrogens (primary N) is 2. The first-order chi connectivity index (χ1) is 44.8. The number of H-pyrrole nitrogens is 1. The van der Waals surface area contributed by atoms with Crippen LogP contribution in [-0.4, -0.2) is 196 Å². The van der Waals surface area contributed by atoms with Crippen LogP contribution in [0.2, 0.25) is 0 Å². The molecule has 6 aromatic rings. The number of hydrogen-bond acceptors (Lipinski definition) is 19. The van der Waals surface area contributed by atoms with Crippen molar-refractivity contribution in [3.63, 3.8) is 0 Å². The molecule has 2 aromatic heterocycles. The average Bonchev–Trinajstić information content (AvgIpc) is 1.85. The number of carbonyl (C=O) groups is 7. The molecule has 0 saturated carbocycles. The molecular formula is C66H86N14O10S3. The molecule has 10 atom stereocenters. The van der Waals surface area contributed by atoms with Gasteiger partial charge in [0.1, 0.15) is 47.1 Å². The molecule has 27 heteroatoms. The SMILES string of the molecule is CC(O)[C@@H]1NC(=O)[C@H](CCCCN)NC(=O)[C@@H](Cc2c[nH]c3ccccc23)NC(=O)[C@H](Cc2ccccc2)NC(=O)[C@@H](NC(=O)[C@H](N)Cc2ccccc2)CSSC[C@@H](C(=O)N[C@H](CO)[C@@H](C)O)NC1=O.Cc1cc2c(s1)Nc1ccccc1N=C2N1CCN(C)CC1. The molecule has 1 unspecified atom stereocenters. The first-order valence-electron chi connectivity index (χ1n) is 31.2. The third-order valence-corrected chi connectivity index (χ3v) is 19.5. The number of aryl methyl sites for hydroxylation is 1. The van der Waals surface area contributed by atoms with Gasteiger partial charge < -0.3 is 84.1 Å². The minimum absolute atomic E-state index is 0.0340. The number of aliphatic hydroxyl groups is 3. The summed E-state index contributed by atoms with van der Waals surface area (Å²) < 4.78 is 0. The molecule has 93 heavy (non-hydrogen) atoms. The van der Waals surface area contributed by atoms with E-state index in [1.165, 1.54) is 29.3 Å². The summed E-state index contributed by atoms with van der Waals surface area (Å²) in [6.45, 7) is 8.63. The van der Waals surface area contributed by atoms with Gasteiger partial charge in [0, 0.05) is 72.5 Å². The lowest BCUT2D eigenvalue weighted by atomic mass is 10.0. The van der Waals surface area contributed by atoms with Gasteiger partial charge in [0.15, 0.2) is 0 Å². The van der Waals surface area contributed by atoms with Crippen molar-refractivity contribution >= 4 is 107 Å². The van der Waals surface area contributed by atoms with Crippen molar-refractivity contribution in [2.24, 2.45) is 16.5 Å².